The fourth-order valence-electron chi connectivity index (χ4n) is 6.67. The number of hydrogen-bond donors (Lipinski definition) is 2. The predicted molar refractivity (Wildman–Crippen MR) is 140 cm³/mol. The van der Waals surface area contributed by atoms with Gasteiger partial charge in [-0.2, -0.15) is 0 Å². The standard InChI is InChI=1S/C30H32N4O3/c1-19-3-4-21(25(15-19)29(36)37)17-26(35)34-13-9-30(10-14-34)18-33-27(30)24-8-5-20-16-22(6-7-23(20)24)28-31-11-2-12-32-28/h2-4,6-7,11-12,15-16,24,27,33H,5,8-10,13-14,17-18H2,1H3,(H,36,37)/t24-,27?/m1/s1. The monoisotopic (exact) mass is 496 g/mol. The van der Waals surface area contributed by atoms with E-state index in [2.05, 4.69) is 33.5 Å². The Kier molecular flexibility index (Phi) is 6.03. The Bertz CT molecular complexity index is 1350. The van der Waals surface area contributed by atoms with E-state index >= 15 is 0 Å². The Labute approximate surface area is 217 Å². The van der Waals surface area contributed by atoms with Gasteiger partial charge in [0.15, 0.2) is 5.82 Å². The molecular formula is C30H32N4O3. The number of carbonyl (C=O) groups excluding carboxylic acids is 1. The molecule has 1 aromatic heterocycles. The van der Waals surface area contributed by atoms with Gasteiger partial charge in [-0.05, 0) is 67.5 Å². The van der Waals surface area contributed by atoms with E-state index in [9.17, 15) is 14.7 Å². The van der Waals surface area contributed by atoms with Crippen molar-refractivity contribution in [1.82, 2.24) is 20.2 Å². The molecule has 1 spiro atoms. The number of fused-ring (bicyclic) bond motifs is 1. The number of nitrogens with one attached hydrogen (secondary N) is 1. The van der Waals surface area contributed by atoms with Crippen molar-refractivity contribution in [2.45, 2.75) is 51.0 Å². The topological polar surface area (TPSA) is 95.4 Å². The minimum Gasteiger partial charge on any atom is -0.478 e. The number of carbonyl (C=O) groups is 2. The zero-order valence-electron chi connectivity index (χ0n) is 21.1. The van der Waals surface area contributed by atoms with Crippen LogP contribution in [0.15, 0.2) is 54.9 Å². The minimum atomic E-state index is -0.979. The molecule has 3 aromatic rings. The first kappa shape index (κ1) is 23.8. The van der Waals surface area contributed by atoms with Gasteiger partial charge in [0.2, 0.25) is 5.91 Å². The van der Waals surface area contributed by atoms with Crippen LogP contribution in [0.3, 0.4) is 0 Å². The Morgan fingerprint density at radius 3 is 2.59 bits per heavy atom. The molecule has 2 fully saturated rings. The van der Waals surface area contributed by atoms with Gasteiger partial charge in [0.1, 0.15) is 0 Å². The number of piperidine rings is 1. The van der Waals surface area contributed by atoms with Gasteiger partial charge in [0.25, 0.3) is 0 Å². The fraction of sp³-hybridized carbons (Fsp3) is 0.400. The first-order valence-corrected chi connectivity index (χ1v) is 13.2. The molecule has 6 rings (SSSR count). The highest BCUT2D eigenvalue weighted by Crippen LogP contribution is 2.50. The highest BCUT2D eigenvalue weighted by molar-refractivity contribution is 5.92. The summed E-state index contributed by atoms with van der Waals surface area (Å²) in [4.78, 5) is 35.5. The molecule has 1 amide bonds. The van der Waals surface area contributed by atoms with E-state index in [0.29, 0.717) is 17.5 Å². The minimum absolute atomic E-state index is 0.0203. The largest absolute Gasteiger partial charge is 0.478 e. The van der Waals surface area contributed by atoms with E-state index in [-0.39, 0.29) is 23.3 Å². The molecule has 3 heterocycles. The van der Waals surface area contributed by atoms with Crippen molar-refractivity contribution in [3.05, 3.63) is 82.7 Å². The van der Waals surface area contributed by atoms with Gasteiger partial charge in [-0.3, -0.25) is 4.79 Å². The average Bonchev–Trinajstić information content (AvgIpc) is 3.32. The lowest BCUT2D eigenvalue weighted by Gasteiger charge is -2.57. The molecule has 1 aliphatic carbocycles. The predicted octanol–water partition coefficient (Wildman–Crippen LogP) is 4.00. The molecule has 0 radical (unpaired) electrons. The summed E-state index contributed by atoms with van der Waals surface area (Å²) in [6.07, 6.45) is 7.88. The molecule has 2 N–H and O–H groups in total. The molecule has 2 atom stereocenters. The lowest BCUT2D eigenvalue weighted by molar-refractivity contribution is -0.134. The summed E-state index contributed by atoms with van der Waals surface area (Å²) in [6.45, 7) is 4.33. The molecular weight excluding hydrogens is 464 g/mol. The summed E-state index contributed by atoms with van der Waals surface area (Å²) in [5.41, 5.74) is 5.84. The smallest absolute Gasteiger partial charge is 0.335 e. The molecule has 7 nitrogen and oxygen atoms in total. The van der Waals surface area contributed by atoms with Crippen LogP contribution in [0.5, 0.6) is 0 Å². The lowest BCUT2D eigenvalue weighted by Crippen LogP contribution is -2.67. The van der Waals surface area contributed by atoms with Gasteiger partial charge in [-0.25, -0.2) is 14.8 Å². The van der Waals surface area contributed by atoms with Gasteiger partial charge in [0, 0.05) is 55.0 Å². The summed E-state index contributed by atoms with van der Waals surface area (Å²) >= 11 is 0. The first-order chi connectivity index (χ1) is 17.9. The Morgan fingerprint density at radius 2 is 1.89 bits per heavy atom. The third-order valence-corrected chi connectivity index (χ3v) is 8.78. The molecule has 37 heavy (non-hydrogen) atoms. The van der Waals surface area contributed by atoms with Gasteiger partial charge in [-0.1, -0.05) is 29.8 Å². The molecule has 2 aromatic carbocycles. The van der Waals surface area contributed by atoms with Crippen LogP contribution in [0.1, 0.15) is 57.8 Å². The van der Waals surface area contributed by atoms with E-state index in [1.54, 1.807) is 24.5 Å². The fourth-order valence-corrected chi connectivity index (χ4v) is 6.67. The third-order valence-electron chi connectivity index (χ3n) is 8.78. The molecule has 1 unspecified atom stereocenters. The summed E-state index contributed by atoms with van der Waals surface area (Å²) in [7, 11) is 0. The van der Waals surface area contributed by atoms with Crippen molar-refractivity contribution in [1.29, 1.82) is 0 Å². The quantitative estimate of drug-likeness (QED) is 0.554. The van der Waals surface area contributed by atoms with Crippen LogP contribution < -0.4 is 5.32 Å². The van der Waals surface area contributed by atoms with Crippen molar-refractivity contribution < 1.29 is 14.7 Å². The van der Waals surface area contributed by atoms with Crippen molar-refractivity contribution in [3.8, 4) is 11.4 Å². The maximum absolute atomic E-state index is 13.1. The number of aryl methyl sites for hydroxylation is 2. The van der Waals surface area contributed by atoms with Crippen LogP contribution in [0, 0.1) is 12.3 Å². The van der Waals surface area contributed by atoms with Gasteiger partial charge in [0.05, 0.1) is 12.0 Å². The summed E-state index contributed by atoms with van der Waals surface area (Å²) < 4.78 is 0. The van der Waals surface area contributed by atoms with Crippen LogP contribution in [0.2, 0.25) is 0 Å². The number of nitrogens with zero attached hydrogens (tertiary/aromatic N) is 3. The van der Waals surface area contributed by atoms with Crippen LogP contribution in [0.25, 0.3) is 11.4 Å². The van der Waals surface area contributed by atoms with Crippen LogP contribution in [-0.2, 0) is 17.6 Å². The molecule has 190 valence electrons. The van der Waals surface area contributed by atoms with E-state index < -0.39 is 5.97 Å². The number of benzene rings is 2. The second kappa shape index (κ2) is 9.38. The number of hydrogen-bond acceptors (Lipinski definition) is 5. The highest BCUT2D eigenvalue weighted by atomic mass is 16.4. The second-order valence-electron chi connectivity index (χ2n) is 10.9. The van der Waals surface area contributed by atoms with E-state index in [1.165, 1.54) is 11.1 Å². The van der Waals surface area contributed by atoms with Crippen LogP contribution >= 0.6 is 0 Å². The zero-order valence-corrected chi connectivity index (χ0v) is 21.1. The number of aromatic nitrogens is 2. The number of aromatic carboxylic acids is 1. The van der Waals surface area contributed by atoms with Gasteiger partial charge >= 0.3 is 5.97 Å². The molecule has 3 aliphatic rings. The van der Waals surface area contributed by atoms with Crippen molar-refractivity contribution in [2.75, 3.05) is 19.6 Å². The summed E-state index contributed by atoms with van der Waals surface area (Å²) in [5, 5.41) is 13.3. The maximum Gasteiger partial charge on any atom is 0.335 e. The number of rotatable bonds is 5. The molecule has 7 heteroatoms. The zero-order chi connectivity index (χ0) is 25.6. The second-order valence-corrected chi connectivity index (χ2v) is 10.9. The first-order valence-electron chi connectivity index (χ1n) is 13.2. The highest BCUT2D eigenvalue weighted by Gasteiger charge is 2.52. The average molecular weight is 497 g/mol. The molecule has 0 saturated carbocycles. The summed E-state index contributed by atoms with van der Waals surface area (Å²) in [5.74, 6) is 0.298. The Hall–Kier alpha value is -3.58. The third kappa shape index (κ3) is 4.31. The van der Waals surface area contributed by atoms with Gasteiger partial charge in [-0.15, -0.1) is 0 Å². The maximum atomic E-state index is 13.1. The van der Waals surface area contributed by atoms with Crippen LogP contribution in [-0.4, -0.2) is 57.5 Å². The summed E-state index contributed by atoms with van der Waals surface area (Å²) in [6, 6.07) is 14.2. The normalized spacial score (nSPS) is 21.9. The van der Waals surface area contributed by atoms with Crippen molar-refractivity contribution in [3.63, 3.8) is 0 Å². The van der Waals surface area contributed by atoms with Crippen molar-refractivity contribution in [2.24, 2.45) is 5.41 Å². The molecule has 2 saturated heterocycles. The molecule has 2 aliphatic heterocycles. The number of likely N-dealkylation sites (tertiary alicyclic amines) is 1. The SMILES string of the molecule is Cc1ccc(CC(=O)N2CCC3(CC2)CNC3[C@@H]2CCc3cc(-c4ncccn4)ccc32)c(C(=O)O)c1. The molecule has 0 bridgehead atoms. The van der Waals surface area contributed by atoms with E-state index in [1.807, 2.05) is 24.0 Å². The van der Waals surface area contributed by atoms with E-state index in [4.69, 9.17) is 0 Å². The van der Waals surface area contributed by atoms with Crippen LogP contribution in [0.4, 0.5) is 0 Å². The number of amides is 1. The van der Waals surface area contributed by atoms with Crippen molar-refractivity contribution >= 4 is 11.9 Å². The number of carboxylic acids is 1. The van der Waals surface area contributed by atoms with E-state index in [0.717, 1.165) is 62.3 Å². The Morgan fingerprint density at radius 1 is 1.11 bits per heavy atom. The lowest BCUT2D eigenvalue weighted by atomic mass is 9.62. The van der Waals surface area contributed by atoms with Gasteiger partial charge < -0.3 is 15.3 Å². The number of carboxylic acid groups (broad SMARTS) is 1. The Balaban J connectivity index is 1.12.